The van der Waals surface area contributed by atoms with E-state index in [0.29, 0.717) is 28.3 Å². The number of benzene rings is 3. The molecule has 0 fully saturated rings. The fourth-order valence-electron chi connectivity index (χ4n) is 3.87. The third-order valence-electron chi connectivity index (χ3n) is 5.59. The summed E-state index contributed by atoms with van der Waals surface area (Å²) in [6, 6.07) is 15.8. The highest BCUT2D eigenvalue weighted by atomic mass is 35.5. The van der Waals surface area contributed by atoms with E-state index in [4.69, 9.17) is 21.2 Å². The Hall–Kier alpha value is -3.69. The number of aryl methyl sites for hydroxylation is 1. The largest absolute Gasteiger partial charge is 0.480 e. The summed E-state index contributed by atoms with van der Waals surface area (Å²) < 4.78 is 47.1. The molecule has 0 atom stereocenters. The second-order valence-corrected chi connectivity index (χ2v) is 8.78. The van der Waals surface area contributed by atoms with Crippen molar-refractivity contribution < 1.29 is 27.6 Å². The fourth-order valence-corrected chi connectivity index (χ4v) is 4.11. The van der Waals surface area contributed by atoms with Crippen molar-refractivity contribution in [2.45, 2.75) is 19.6 Å². The highest BCUT2D eigenvalue weighted by Gasteiger charge is 2.34. The molecule has 0 bridgehead atoms. The minimum absolute atomic E-state index is 0.0618. The summed E-state index contributed by atoms with van der Waals surface area (Å²) in [6.07, 6.45) is -4.59. The number of nitrogens with zero attached hydrogens (tertiary/aromatic N) is 3. The van der Waals surface area contributed by atoms with Crippen LogP contribution in [-0.4, -0.2) is 39.7 Å². The van der Waals surface area contributed by atoms with E-state index in [-0.39, 0.29) is 29.4 Å². The molecule has 0 radical (unpaired) electrons. The average molecular weight is 516 g/mol. The van der Waals surface area contributed by atoms with E-state index >= 15 is 0 Å². The maximum atomic E-state index is 14.0. The van der Waals surface area contributed by atoms with Crippen LogP contribution in [0.25, 0.3) is 34.0 Å². The molecule has 6 nitrogen and oxygen atoms in total. The number of carbonyl (C=O) groups is 1. The van der Waals surface area contributed by atoms with Crippen LogP contribution in [-0.2, 0) is 17.5 Å². The van der Waals surface area contributed by atoms with Crippen molar-refractivity contribution in [3.63, 3.8) is 0 Å². The fraction of sp³-hybridized carbons (Fsp3) is 0.192. The Morgan fingerprint density at radius 3 is 2.44 bits per heavy atom. The van der Waals surface area contributed by atoms with Crippen molar-refractivity contribution in [3.8, 4) is 34.0 Å². The van der Waals surface area contributed by atoms with Gasteiger partial charge in [0.05, 0.1) is 12.1 Å². The normalized spacial score (nSPS) is 11.8. The van der Waals surface area contributed by atoms with Crippen LogP contribution in [0.4, 0.5) is 13.2 Å². The molecule has 36 heavy (non-hydrogen) atoms. The van der Waals surface area contributed by atoms with Gasteiger partial charge in [0, 0.05) is 22.7 Å². The van der Waals surface area contributed by atoms with E-state index in [2.05, 4.69) is 10.1 Å². The second kappa shape index (κ2) is 10.1. The summed E-state index contributed by atoms with van der Waals surface area (Å²) in [4.78, 5) is 16.7. The number of halogens is 4. The Balaban J connectivity index is 1.64. The zero-order valence-electron chi connectivity index (χ0n) is 19.3. The van der Waals surface area contributed by atoms with Crippen LogP contribution < -0.4 is 0 Å². The Kier molecular flexibility index (Phi) is 7.14. The molecule has 10 heteroatoms. The first-order chi connectivity index (χ1) is 17.0. The molecule has 0 amide bonds. The van der Waals surface area contributed by atoms with Crippen LogP contribution in [0.3, 0.4) is 0 Å². The number of likely N-dealkylation sites (N-methyl/N-ethyl adjacent to an activating group) is 1. The molecule has 4 aromatic rings. The molecule has 0 unspecified atom stereocenters. The van der Waals surface area contributed by atoms with Gasteiger partial charge < -0.3 is 9.63 Å². The molecular weight excluding hydrogens is 495 g/mol. The van der Waals surface area contributed by atoms with E-state index in [1.165, 1.54) is 12.1 Å². The van der Waals surface area contributed by atoms with Gasteiger partial charge in [-0.05, 0) is 54.4 Å². The Bertz CT molecular complexity index is 1420. The summed E-state index contributed by atoms with van der Waals surface area (Å²) in [7, 11) is 1.66. The average Bonchev–Trinajstić information content (AvgIpc) is 3.30. The molecule has 0 spiro atoms. The van der Waals surface area contributed by atoms with Crippen LogP contribution >= 0.6 is 11.6 Å². The topological polar surface area (TPSA) is 79.5 Å². The molecule has 0 saturated carbocycles. The lowest BCUT2D eigenvalue weighted by Gasteiger charge is -2.15. The van der Waals surface area contributed by atoms with Crippen LogP contribution in [0.5, 0.6) is 0 Å². The highest BCUT2D eigenvalue weighted by molar-refractivity contribution is 6.31. The Morgan fingerprint density at radius 2 is 1.78 bits per heavy atom. The monoisotopic (exact) mass is 515 g/mol. The molecular formula is C26H21ClF3N3O3. The maximum Gasteiger partial charge on any atom is 0.417 e. The van der Waals surface area contributed by atoms with Crippen molar-refractivity contribution in [1.29, 1.82) is 0 Å². The molecule has 1 heterocycles. The molecule has 0 saturated heterocycles. The van der Waals surface area contributed by atoms with E-state index in [9.17, 15) is 18.0 Å². The van der Waals surface area contributed by atoms with Crippen molar-refractivity contribution >= 4 is 17.6 Å². The number of carboxylic acids is 1. The van der Waals surface area contributed by atoms with Gasteiger partial charge in [0.25, 0.3) is 5.89 Å². The number of aliphatic carboxylic acids is 1. The van der Waals surface area contributed by atoms with E-state index in [1.54, 1.807) is 61.3 Å². The summed E-state index contributed by atoms with van der Waals surface area (Å²) in [5, 5.41) is 13.2. The first kappa shape index (κ1) is 25.4. The van der Waals surface area contributed by atoms with Crippen molar-refractivity contribution in [2.75, 3.05) is 13.6 Å². The zero-order valence-corrected chi connectivity index (χ0v) is 20.1. The number of alkyl halides is 3. The number of rotatable bonds is 7. The van der Waals surface area contributed by atoms with E-state index < -0.39 is 17.7 Å². The summed E-state index contributed by atoms with van der Waals surface area (Å²) in [5.41, 5.74) is 1.83. The SMILES string of the molecule is Cc1ccccc1-c1ccc(-c2nc(-c3ccc(CN(C)CC(=O)O)c(Cl)c3)no2)cc1C(F)(F)F. The summed E-state index contributed by atoms with van der Waals surface area (Å²) >= 11 is 6.36. The van der Waals surface area contributed by atoms with Gasteiger partial charge in [-0.15, -0.1) is 0 Å². The van der Waals surface area contributed by atoms with Crippen molar-refractivity contribution in [3.05, 3.63) is 82.4 Å². The summed E-state index contributed by atoms with van der Waals surface area (Å²) in [5.74, 6) is -0.854. The quantitative estimate of drug-likeness (QED) is 0.300. The van der Waals surface area contributed by atoms with Crippen LogP contribution in [0.15, 0.2) is 65.2 Å². The standard InChI is InChI=1S/C26H21ClF3N3O3/c1-15-5-3-4-6-19(15)20-10-9-17(11-21(20)26(28,29)30)25-31-24(32-36-25)16-7-8-18(22(27)12-16)13-33(2)14-23(34)35/h3-12H,13-14H2,1-2H3,(H,34,35). The predicted molar refractivity (Wildman–Crippen MR) is 129 cm³/mol. The molecule has 0 aliphatic rings. The molecule has 186 valence electrons. The number of aromatic nitrogens is 2. The minimum atomic E-state index is -4.59. The number of carboxylic acid groups (broad SMARTS) is 1. The zero-order chi connectivity index (χ0) is 26.0. The lowest BCUT2D eigenvalue weighted by atomic mass is 9.94. The summed E-state index contributed by atoms with van der Waals surface area (Å²) in [6.45, 7) is 1.93. The molecule has 4 rings (SSSR count). The van der Waals surface area contributed by atoms with E-state index in [1.807, 2.05) is 0 Å². The molecule has 0 aliphatic carbocycles. The second-order valence-electron chi connectivity index (χ2n) is 8.37. The first-order valence-electron chi connectivity index (χ1n) is 10.8. The van der Waals surface area contributed by atoms with Gasteiger partial charge in [-0.1, -0.05) is 59.2 Å². The van der Waals surface area contributed by atoms with Crippen LogP contribution in [0, 0.1) is 6.92 Å². The molecule has 1 N–H and O–H groups in total. The van der Waals surface area contributed by atoms with Crippen molar-refractivity contribution in [2.24, 2.45) is 0 Å². The highest BCUT2D eigenvalue weighted by Crippen LogP contribution is 2.40. The molecule has 1 aromatic heterocycles. The van der Waals surface area contributed by atoms with Gasteiger partial charge in [0.15, 0.2) is 0 Å². The Morgan fingerprint density at radius 1 is 1.06 bits per heavy atom. The van der Waals surface area contributed by atoms with Gasteiger partial charge >= 0.3 is 12.1 Å². The third-order valence-corrected chi connectivity index (χ3v) is 5.94. The van der Waals surface area contributed by atoms with Crippen LogP contribution in [0.2, 0.25) is 5.02 Å². The lowest BCUT2D eigenvalue weighted by molar-refractivity contribution is -0.138. The minimum Gasteiger partial charge on any atom is -0.480 e. The molecule has 0 aliphatic heterocycles. The lowest BCUT2D eigenvalue weighted by Crippen LogP contribution is -2.25. The van der Waals surface area contributed by atoms with Gasteiger partial charge in [-0.3, -0.25) is 9.69 Å². The van der Waals surface area contributed by atoms with Crippen LogP contribution in [0.1, 0.15) is 16.7 Å². The predicted octanol–water partition coefficient (Wildman–Crippen LogP) is 6.57. The smallest absolute Gasteiger partial charge is 0.417 e. The number of hydrogen-bond donors (Lipinski definition) is 1. The van der Waals surface area contributed by atoms with Gasteiger partial charge in [0.2, 0.25) is 5.82 Å². The van der Waals surface area contributed by atoms with Gasteiger partial charge in [-0.25, -0.2) is 0 Å². The first-order valence-corrected chi connectivity index (χ1v) is 11.2. The van der Waals surface area contributed by atoms with Crippen molar-refractivity contribution in [1.82, 2.24) is 15.0 Å². The van der Waals surface area contributed by atoms with Gasteiger partial charge in [-0.2, -0.15) is 18.2 Å². The Labute approximate surface area is 209 Å². The number of hydrogen-bond acceptors (Lipinski definition) is 5. The van der Waals surface area contributed by atoms with E-state index in [0.717, 1.165) is 11.6 Å². The maximum absolute atomic E-state index is 14.0. The molecule has 3 aromatic carbocycles. The third kappa shape index (κ3) is 5.58. The van der Waals surface area contributed by atoms with Gasteiger partial charge in [0.1, 0.15) is 0 Å².